The Labute approximate surface area is 100.0 Å². The standard InChI is InChI=1S/C15H12FN/c16-14-10-8-13(9-11-14)5-4-12-17-15-6-2-1-3-7-15/h1-12H/b5-4+,17-12?. The predicted octanol–water partition coefficient (Wildman–Crippen LogP) is 4.24. The molecular weight excluding hydrogens is 213 g/mol. The number of halogens is 1. The van der Waals surface area contributed by atoms with Gasteiger partial charge in [-0.1, -0.05) is 36.4 Å². The van der Waals surface area contributed by atoms with Gasteiger partial charge in [-0.15, -0.1) is 0 Å². The summed E-state index contributed by atoms with van der Waals surface area (Å²) in [5.41, 5.74) is 1.86. The van der Waals surface area contributed by atoms with Gasteiger partial charge in [0.05, 0.1) is 5.69 Å². The van der Waals surface area contributed by atoms with Crippen LogP contribution < -0.4 is 0 Å². The van der Waals surface area contributed by atoms with Gasteiger partial charge < -0.3 is 0 Å². The van der Waals surface area contributed by atoms with Gasteiger partial charge >= 0.3 is 0 Å². The Hall–Kier alpha value is -2.22. The summed E-state index contributed by atoms with van der Waals surface area (Å²) >= 11 is 0. The van der Waals surface area contributed by atoms with Crippen LogP contribution in [0.3, 0.4) is 0 Å². The van der Waals surface area contributed by atoms with Crippen molar-refractivity contribution in [3.63, 3.8) is 0 Å². The molecule has 0 aliphatic heterocycles. The lowest BCUT2D eigenvalue weighted by atomic mass is 10.2. The first-order valence-corrected chi connectivity index (χ1v) is 5.36. The molecule has 0 aromatic heterocycles. The molecule has 84 valence electrons. The first-order valence-electron chi connectivity index (χ1n) is 5.36. The first-order chi connectivity index (χ1) is 8.34. The molecule has 0 aliphatic rings. The van der Waals surface area contributed by atoms with Crippen molar-refractivity contribution < 1.29 is 4.39 Å². The van der Waals surface area contributed by atoms with Crippen molar-refractivity contribution in [1.29, 1.82) is 0 Å². The summed E-state index contributed by atoms with van der Waals surface area (Å²) < 4.78 is 12.6. The molecule has 1 nitrogen and oxygen atoms in total. The SMILES string of the molecule is Fc1ccc(/C=C/C=Nc2ccccc2)cc1. The van der Waals surface area contributed by atoms with Crippen LogP contribution in [-0.2, 0) is 0 Å². The van der Waals surface area contributed by atoms with E-state index in [0.29, 0.717) is 0 Å². The van der Waals surface area contributed by atoms with Crippen molar-refractivity contribution in [1.82, 2.24) is 0 Å². The van der Waals surface area contributed by atoms with Crippen LogP contribution in [0.4, 0.5) is 10.1 Å². The largest absolute Gasteiger partial charge is 0.257 e. The normalized spacial score (nSPS) is 11.4. The molecule has 0 aliphatic carbocycles. The third-order valence-electron chi connectivity index (χ3n) is 2.22. The fraction of sp³-hybridized carbons (Fsp3) is 0. The molecule has 0 heterocycles. The van der Waals surface area contributed by atoms with Gasteiger partial charge in [0.15, 0.2) is 0 Å². The third-order valence-corrected chi connectivity index (χ3v) is 2.22. The fourth-order valence-corrected chi connectivity index (χ4v) is 1.37. The number of allylic oxidation sites excluding steroid dienone is 1. The fourth-order valence-electron chi connectivity index (χ4n) is 1.37. The zero-order chi connectivity index (χ0) is 11.9. The van der Waals surface area contributed by atoms with Crippen LogP contribution in [0.5, 0.6) is 0 Å². The molecule has 0 atom stereocenters. The average molecular weight is 225 g/mol. The lowest BCUT2D eigenvalue weighted by Crippen LogP contribution is -1.74. The van der Waals surface area contributed by atoms with Gasteiger partial charge in [0, 0.05) is 6.21 Å². The van der Waals surface area contributed by atoms with Crippen LogP contribution in [0.1, 0.15) is 5.56 Å². The molecule has 0 unspecified atom stereocenters. The van der Waals surface area contributed by atoms with E-state index in [2.05, 4.69) is 4.99 Å². The van der Waals surface area contributed by atoms with E-state index in [4.69, 9.17) is 0 Å². The van der Waals surface area contributed by atoms with E-state index < -0.39 is 0 Å². The highest BCUT2D eigenvalue weighted by molar-refractivity contribution is 5.80. The highest BCUT2D eigenvalue weighted by Crippen LogP contribution is 2.08. The van der Waals surface area contributed by atoms with Crippen LogP contribution in [-0.4, -0.2) is 6.21 Å². The molecule has 2 rings (SSSR count). The summed E-state index contributed by atoms with van der Waals surface area (Å²) in [7, 11) is 0. The van der Waals surface area contributed by atoms with Crippen LogP contribution >= 0.6 is 0 Å². The Morgan fingerprint density at radius 2 is 1.59 bits per heavy atom. The Morgan fingerprint density at radius 1 is 0.882 bits per heavy atom. The van der Waals surface area contributed by atoms with Crippen molar-refractivity contribution in [2.45, 2.75) is 0 Å². The number of nitrogens with zero attached hydrogens (tertiary/aromatic N) is 1. The molecule has 2 heteroatoms. The number of hydrogen-bond donors (Lipinski definition) is 0. The molecule has 2 aromatic carbocycles. The molecule has 0 radical (unpaired) electrons. The van der Waals surface area contributed by atoms with Gasteiger partial charge in [-0.2, -0.15) is 0 Å². The summed E-state index contributed by atoms with van der Waals surface area (Å²) in [5.74, 6) is -0.222. The summed E-state index contributed by atoms with van der Waals surface area (Å²) in [4.78, 5) is 4.25. The van der Waals surface area contributed by atoms with Crippen molar-refractivity contribution in [3.05, 3.63) is 72.1 Å². The van der Waals surface area contributed by atoms with Crippen molar-refractivity contribution in [2.24, 2.45) is 4.99 Å². The Balaban J connectivity index is 1.98. The minimum atomic E-state index is -0.222. The van der Waals surface area contributed by atoms with Gasteiger partial charge in [-0.25, -0.2) is 4.39 Å². The van der Waals surface area contributed by atoms with Crippen molar-refractivity contribution in [3.8, 4) is 0 Å². The molecule has 2 aromatic rings. The summed E-state index contributed by atoms with van der Waals surface area (Å²) in [5, 5.41) is 0. The van der Waals surface area contributed by atoms with Crippen LogP contribution in [0.2, 0.25) is 0 Å². The molecule has 0 fully saturated rings. The monoisotopic (exact) mass is 225 g/mol. The molecule has 0 spiro atoms. The van der Waals surface area contributed by atoms with Gasteiger partial charge in [0.2, 0.25) is 0 Å². The average Bonchev–Trinajstić information content (AvgIpc) is 2.38. The quantitative estimate of drug-likeness (QED) is 0.693. The van der Waals surface area contributed by atoms with E-state index in [1.54, 1.807) is 18.3 Å². The molecule has 0 amide bonds. The van der Waals surface area contributed by atoms with Gasteiger partial charge in [0.25, 0.3) is 0 Å². The van der Waals surface area contributed by atoms with E-state index in [1.807, 2.05) is 42.5 Å². The maximum absolute atomic E-state index is 12.6. The van der Waals surface area contributed by atoms with Gasteiger partial charge in [0.1, 0.15) is 5.82 Å². The molecule has 0 N–H and O–H groups in total. The Morgan fingerprint density at radius 3 is 2.29 bits per heavy atom. The second kappa shape index (κ2) is 5.75. The zero-order valence-corrected chi connectivity index (χ0v) is 9.25. The van der Waals surface area contributed by atoms with E-state index in [-0.39, 0.29) is 5.82 Å². The molecule has 0 bridgehead atoms. The van der Waals surface area contributed by atoms with Gasteiger partial charge in [-0.3, -0.25) is 4.99 Å². The minimum Gasteiger partial charge on any atom is -0.257 e. The number of hydrogen-bond acceptors (Lipinski definition) is 1. The van der Waals surface area contributed by atoms with Crippen LogP contribution in [0.15, 0.2) is 65.7 Å². The Bertz CT molecular complexity index is 512. The lowest BCUT2D eigenvalue weighted by molar-refractivity contribution is 0.628. The summed E-state index contributed by atoms with van der Waals surface area (Å²) in [6.07, 6.45) is 5.44. The molecule has 0 saturated heterocycles. The van der Waals surface area contributed by atoms with Crippen LogP contribution in [0.25, 0.3) is 6.08 Å². The van der Waals surface area contributed by atoms with Crippen molar-refractivity contribution >= 4 is 18.0 Å². The zero-order valence-electron chi connectivity index (χ0n) is 9.25. The van der Waals surface area contributed by atoms with Crippen LogP contribution in [0, 0.1) is 5.82 Å². The number of rotatable bonds is 3. The molecule has 0 saturated carbocycles. The van der Waals surface area contributed by atoms with E-state index in [9.17, 15) is 4.39 Å². The number of aliphatic imine (C=N–C) groups is 1. The summed E-state index contributed by atoms with van der Waals surface area (Å²) in [6.45, 7) is 0. The highest BCUT2D eigenvalue weighted by atomic mass is 19.1. The smallest absolute Gasteiger partial charge is 0.123 e. The van der Waals surface area contributed by atoms with Crippen molar-refractivity contribution in [2.75, 3.05) is 0 Å². The minimum absolute atomic E-state index is 0.222. The van der Waals surface area contributed by atoms with E-state index in [0.717, 1.165) is 11.3 Å². The summed E-state index contributed by atoms with van der Waals surface area (Å²) in [6, 6.07) is 16.0. The maximum atomic E-state index is 12.6. The second-order valence-electron chi connectivity index (χ2n) is 3.52. The molecule has 17 heavy (non-hydrogen) atoms. The highest BCUT2D eigenvalue weighted by Gasteiger charge is 1.87. The molecular formula is C15H12FN. The first kappa shape index (κ1) is 11.3. The lowest BCUT2D eigenvalue weighted by Gasteiger charge is -1.91. The predicted molar refractivity (Wildman–Crippen MR) is 70.0 cm³/mol. The second-order valence-corrected chi connectivity index (χ2v) is 3.52. The van der Waals surface area contributed by atoms with E-state index >= 15 is 0 Å². The van der Waals surface area contributed by atoms with E-state index in [1.165, 1.54) is 12.1 Å². The topological polar surface area (TPSA) is 12.4 Å². The number of benzene rings is 2. The Kier molecular flexibility index (Phi) is 3.81. The number of para-hydroxylation sites is 1. The maximum Gasteiger partial charge on any atom is 0.123 e. The third kappa shape index (κ3) is 3.68. The van der Waals surface area contributed by atoms with Gasteiger partial charge in [-0.05, 0) is 35.9 Å².